The third kappa shape index (κ3) is 7.38. The van der Waals surface area contributed by atoms with E-state index in [1.54, 1.807) is 0 Å². The van der Waals surface area contributed by atoms with Crippen LogP contribution in [0, 0.1) is 23.7 Å². The van der Waals surface area contributed by atoms with Gasteiger partial charge in [0, 0.05) is 0 Å². The van der Waals surface area contributed by atoms with E-state index < -0.39 is 21.5 Å². The van der Waals surface area contributed by atoms with Crippen LogP contribution < -0.4 is 0 Å². The third-order valence-electron chi connectivity index (χ3n) is 11.6. The first kappa shape index (κ1) is 39.7. The first-order chi connectivity index (χ1) is 24.6. The second-order valence-corrected chi connectivity index (χ2v) is 60.5. The van der Waals surface area contributed by atoms with E-state index in [4.69, 9.17) is 17.0 Å². The fourth-order valence-electron chi connectivity index (χ4n) is 9.66. The van der Waals surface area contributed by atoms with Crippen LogP contribution >= 0.6 is 17.0 Å². The molecule has 4 aromatic rings. The summed E-state index contributed by atoms with van der Waals surface area (Å²) in [5, 5.41) is 0. The fraction of sp³-hybridized carbons (Fsp3) is 0.417. The summed E-state index contributed by atoms with van der Waals surface area (Å²) in [6.45, 7) is 23.8. The van der Waals surface area contributed by atoms with Gasteiger partial charge in [0.2, 0.25) is 0 Å². The van der Waals surface area contributed by atoms with E-state index in [1.165, 1.54) is 66.8 Å². The van der Waals surface area contributed by atoms with Gasteiger partial charge in [0.15, 0.2) is 0 Å². The number of hydrogen-bond donors (Lipinski definition) is 0. The summed E-state index contributed by atoms with van der Waals surface area (Å²) in [6, 6.07) is 32.0. The van der Waals surface area contributed by atoms with Crippen LogP contribution in [0.25, 0.3) is 34.4 Å². The molecule has 6 rings (SSSR count). The van der Waals surface area contributed by atoms with Gasteiger partial charge < -0.3 is 0 Å². The van der Waals surface area contributed by atoms with E-state index in [9.17, 15) is 0 Å². The van der Waals surface area contributed by atoms with Crippen LogP contribution in [0.3, 0.4) is 0 Å². The molecule has 0 saturated heterocycles. The quantitative estimate of drug-likeness (QED) is 0.118. The van der Waals surface area contributed by atoms with Crippen LogP contribution in [-0.4, -0.2) is 5.92 Å². The molecule has 0 radical (unpaired) electrons. The fourth-order valence-corrected chi connectivity index (χ4v) is 41.0. The topological polar surface area (TPSA) is 0 Å². The summed E-state index contributed by atoms with van der Waals surface area (Å²) >= 11 is -4.98. The standard InChI is InChI=1S/2C23H27.C2H7Si.2ClH.Zr/c2*1-16(2)12-18-14-20-10-11-21(13-17(3)4)23(22(20)15-18)19-8-6-5-7-9-19;1-3-2;;;/h2*5-11,14-17H,12-13H2,1-4H3;3H,1-2H3;2*1H;/q;;;;;+2/p-2. The van der Waals surface area contributed by atoms with Gasteiger partial charge in [-0.25, -0.2) is 0 Å². The van der Waals surface area contributed by atoms with Gasteiger partial charge in [0.25, 0.3) is 0 Å². The SMILES string of the molecule is CC(C)CC1=Cc2c(ccc(CC(C)C)c2-c2ccccc2)[CH]1[Zr]([Cl])([Cl])([CH]1C(CC(C)C)=Cc2c1ccc(CC(C)C)c2-c1ccccc1)[SiH](C)C. The molecule has 0 heterocycles. The molecule has 2 aliphatic rings. The molecule has 2 atom stereocenters. The van der Waals surface area contributed by atoms with Crippen molar-refractivity contribution in [2.24, 2.45) is 23.7 Å². The Morgan fingerprint density at radius 2 is 0.846 bits per heavy atom. The van der Waals surface area contributed by atoms with Gasteiger partial charge in [-0.3, -0.25) is 0 Å². The van der Waals surface area contributed by atoms with Crippen molar-refractivity contribution in [3.8, 4) is 22.3 Å². The summed E-state index contributed by atoms with van der Waals surface area (Å²) in [6.07, 6.45) is 9.27. The van der Waals surface area contributed by atoms with Crippen molar-refractivity contribution in [2.45, 2.75) is 101 Å². The van der Waals surface area contributed by atoms with Crippen LogP contribution in [0.2, 0.25) is 13.1 Å². The Kier molecular flexibility index (Phi) is 12.0. The van der Waals surface area contributed by atoms with Crippen molar-refractivity contribution in [2.75, 3.05) is 0 Å². The number of hydrogen-bond acceptors (Lipinski definition) is 0. The molecule has 4 heteroatoms. The maximum absolute atomic E-state index is 8.95. The molecule has 0 aliphatic heterocycles. The zero-order chi connectivity index (χ0) is 37.6. The van der Waals surface area contributed by atoms with E-state index in [0.717, 1.165) is 25.7 Å². The minimum absolute atomic E-state index is 0.0893. The first-order valence-electron chi connectivity index (χ1n) is 20.0. The van der Waals surface area contributed by atoms with E-state index in [1.807, 2.05) is 0 Å². The summed E-state index contributed by atoms with van der Waals surface area (Å²) < 4.78 is 0.179. The van der Waals surface area contributed by atoms with Crippen molar-refractivity contribution in [3.05, 3.63) is 129 Å². The summed E-state index contributed by atoms with van der Waals surface area (Å²) in [7, 11) is 17.9. The molecule has 2 aliphatic carbocycles. The van der Waals surface area contributed by atoms with Gasteiger partial charge in [-0.15, -0.1) is 0 Å². The van der Waals surface area contributed by atoms with E-state index in [0.29, 0.717) is 23.7 Å². The summed E-state index contributed by atoms with van der Waals surface area (Å²) in [5.74, 6) is 0.427. The Morgan fingerprint density at radius 3 is 1.15 bits per heavy atom. The molecule has 4 aromatic carbocycles. The Bertz CT molecular complexity index is 1830. The zero-order valence-electron chi connectivity index (χ0n) is 33.4. The number of halogens is 2. The Morgan fingerprint density at radius 1 is 0.500 bits per heavy atom. The number of benzene rings is 4. The average Bonchev–Trinajstić information content (AvgIpc) is 3.63. The predicted molar refractivity (Wildman–Crippen MR) is 232 cm³/mol. The Labute approximate surface area is 324 Å². The molecule has 275 valence electrons. The van der Waals surface area contributed by atoms with Crippen molar-refractivity contribution in [3.63, 3.8) is 0 Å². The van der Waals surface area contributed by atoms with E-state index >= 15 is 0 Å². The van der Waals surface area contributed by atoms with Crippen molar-refractivity contribution in [1.29, 1.82) is 0 Å². The molecule has 0 nitrogen and oxygen atoms in total. The zero-order valence-corrected chi connectivity index (χ0v) is 38.5. The van der Waals surface area contributed by atoms with Gasteiger partial charge in [-0.2, -0.15) is 0 Å². The Hall–Kier alpha value is -1.96. The molecule has 0 fully saturated rings. The van der Waals surface area contributed by atoms with Crippen LogP contribution in [0.1, 0.15) is 109 Å². The monoisotopic (exact) mass is 825 g/mol. The van der Waals surface area contributed by atoms with E-state index in [-0.39, 0.29) is 7.25 Å². The molecule has 2 unspecified atom stereocenters. The van der Waals surface area contributed by atoms with Gasteiger partial charge >= 0.3 is 327 Å². The molecule has 0 bridgehead atoms. The second-order valence-electron chi connectivity index (χ2n) is 18.0. The summed E-state index contributed by atoms with van der Waals surface area (Å²) in [4.78, 5) is 0. The summed E-state index contributed by atoms with van der Waals surface area (Å²) in [5.41, 5.74) is 16.8. The van der Waals surface area contributed by atoms with Crippen LogP contribution in [0.4, 0.5) is 0 Å². The van der Waals surface area contributed by atoms with Gasteiger partial charge in [-0.05, 0) is 0 Å². The average molecular weight is 828 g/mol. The normalized spacial score (nSPS) is 17.9. The molecule has 0 N–H and O–H groups in total. The first-order valence-corrected chi connectivity index (χ1v) is 36.3. The van der Waals surface area contributed by atoms with Crippen molar-refractivity contribution >= 4 is 35.1 Å². The number of fused-ring (bicyclic) bond motifs is 2. The predicted octanol–water partition coefficient (Wildman–Crippen LogP) is 15.1. The second kappa shape index (κ2) is 15.6. The molecule has 0 spiro atoms. The molecular formula is C48H61Cl2SiZr. The van der Waals surface area contributed by atoms with Gasteiger partial charge in [0.1, 0.15) is 0 Å². The number of rotatable bonds is 13. The van der Waals surface area contributed by atoms with Crippen LogP contribution in [0.5, 0.6) is 0 Å². The van der Waals surface area contributed by atoms with Crippen molar-refractivity contribution in [1.82, 2.24) is 0 Å². The van der Waals surface area contributed by atoms with Crippen LogP contribution in [-0.2, 0) is 28.4 Å². The van der Waals surface area contributed by atoms with Crippen LogP contribution in [0.15, 0.2) is 96.1 Å². The molecule has 0 aromatic heterocycles. The number of allylic oxidation sites excluding steroid dienone is 2. The van der Waals surface area contributed by atoms with Gasteiger partial charge in [0.05, 0.1) is 0 Å². The minimum atomic E-state index is -4.98. The van der Waals surface area contributed by atoms with Gasteiger partial charge in [-0.1, -0.05) is 0 Å². The van der Waals surface area contributed by atoms with E-state index in [2.05, 4.69) is 166 Å². The molecule has 52 heavy (non-hydrogen) atoms. The Balaban J connectivity index is 1.66. The third-order valence-corrected chi connectivity index (χ3v) is 63.5. The molecular weight excluding hydrogens is 767 g/mol. The molecule has 0 amide bonds. The molecule has 0 saturated carbocycles. The van der Waals surface area contributed by atoms with Crippen molar-refractivity contribution < 1.29 is 15.6 Å². The maximum atomic E-state index is 8.95.